The predicted molar refractivity (Wildman–Crippen MR) is 88.5 cm³/mol. The van der Waals surface area contributed by atoms with Crippen molar-refractivity contribution in [3.8, 4) is 5.75 Å². The molecule has 2 heteroatoms. The summed E-state index contributed by atoms with van der Waals surface area (Å²) in [4.78, 5) is 0. The van der Waals surface area contributed by atoms with Crippen LogP contribution in [0.25, 0.3) is 0 Å². The molecule has 2 atom stereocenters. The smallest absolute Gasteiger partial charge is 0.118 e. The molecule has 0 saturated carbocycles. The molecule has 2 aromatic carbocycles. The highest BCUT2D eigenvalue weighted by molar-refractivity contribution is 5.30. The summed E-state index contributed by atoms with van der Waals surface area (Å²) < 4.78 is 5.22. The molecular formula is C19H23NO. The van der Waals surface area contributed by atoms with E-state index in [1.165, 1.54) is 11.1 Å². The minimum absolute atomic E-state index is 0.253. The molecule has 2 nitrogen and oxygen atoms in total. The molecule has 0 aliphatic rings. The maximum atomic E-state index is 5.22. The zero-order chi connectivity index (χ0) is 15.1. The van der Waals surface area contributed by atoms with E-state index >= 15 is 0 Å². The standard InChI is InChI=1S/C19H23NO/c1-4-8-19(17-11-13-18(21-3)14-12-17)20-15(2)16-9-6-5-7-10-16/h4-7,9-15,19-20H,1,8H2,2-3H3/t15-,19-/m0/s1. The van der Waals surface area contributed by atoms with Gasteiger partial charge in [-0.25, -0.2) is 0 Å². The van der Waals surface area contributed by atoms with Gasteiger partial charge < -0.3 is 10.1 Å². The van der Waals surface area contributed by atoms with Crippen LogP contribution in [0.5, 0.6) is 5.75 Å². The van der Waals surface area contributed by atoms with Gasteiger partial charge in [-0.15, -0.1) is 6.58 Å². The summed E-state index contributed by atoms with van der Waals surface area (Å²) in [5, 5.41) is 3.68. The maximum absolute atomic E-state index is 5.22. The molecule has 0 saturated heterocycles. The molecule has 2 aromatic rings. The molecule has 0 aromatic heterocycles. The quantitative estimate of drug-likeness (QED) is 0.745. The summed E-state index contributed by atoms with van der Waals surface area (Å²) in [6, 6.07) is 19.2. The van der Waals surface area contributed by atoms with Gasteiger partial charge in [0.15, 0.2) is 0 Å². The van der Waals surface area contributed by atoms with Crippen molar-refractivity contribution in [2.24, 2.45) is 0 Å². The highest BCUT2D eigenvalue weighted by atomic mass is 16.5. The topological polar surface area (TPSA) is 21.3 Å². The molecule has 0 heterocycles. The average Bonchev–Trinajstić information content (AvgIpc) is 2.55. The Morgan fingerprint density at radius 3 is 2.29 bits per heavy atom. The van der Waals surface area contributed by atoms with Crippen LogP contribution in [0.4, 0.5) is 0 Å². The molecule has 0 unspecified atom stereocenters. The van der Waals surface area contributed by atoms with Crippen molar-refractivity contribution >= 4 is 0 Å². The van der Waals surface area contributed by atoms with E-state index in [0.717, 1.165) is 12.2 Å². The van der Waals surface area contributed by atoms with Crippen molar-refractivity contribution in [2.75, 3.05) is 7.11 Å². The molecule has 110 valence electrons. The van der Waals surface area contributed by atoms with Crippen LogP contribution in [-0.4, -0.2) is 7.11 Å². The fraction of sp³-hybridized carbons (Fsp3) is 0.263. The van der Waals surface area contributed by atoms with Crippen LogP contribution in [0.1, 0.15) is 36.6 Å². The van der Waals surface area contributed by atoms with Gasteiger partial charge in [0.1, 0.15) is 5.75 Å². The molecule has 0 radical (unpaired) electrons. The van der Waals surface area contributed by atoms with Gasteiger partial charge in [-0.2, -0.15) is 0 Å². The molecule has 0 aliphatic carbocycles. The van der Waals surface area contributed by atoms with Crippen molar-refractivity contribution < 1.29 is 4.74 Å². The van der Waals surface area contributed by atoms with Crippen molar-refractivity contribution in [1.82, 2.24) is 5.32 Å². The lowest BCUT2D eigenvalue weighted by Gasteiger charge is -2.23. The number of hydrogen-bond donors (Lipinski definition) is 1. The van der Waals surface area contributed by atoms with Crippen LogP contribution in [0, 0.1) is 0 Å². The fourth-order valence-electron chi connectivity index (χ4n) is 2.44. The summed E-state index contributed by atoms with van der Waals surface area (Å²) in [5.41, 5.74) is 2.54. The monoisotopic (exact) mass is 281 g/mol. The number of hydrogen-bond acceptors (Lipinski definition) is 2. The Morgan fingerprint density at radius 2 is 1.71 bits per heavy atom. The third kappa shape index (κ3) is 4.20. The summed E-state index contributed by atoms with van der Waals surface area (Å²) in [5.74, 6) is 0.882. The molecule has 1 N–H and O–H groups in total. The first-order valence-electron chi connectivity index (χ1n) is 7.30. The summed E-state index contributed by atoms with van der Waals surface area (Å²) >= 11 is 0. The van der Waals surface area contributed by atoms with E-state index in [-0.39, 0.29) is 6.04 Å². The zero-order valence-corrected chi connectivity index (χ0v) is 12.8. The Kier molecular flexibility index (Phi) is 5.59. The number of ether oxygens (including phenoxy) is 1. The minimum Gasteiger partial charge on any atom is -0.497 e. The SMILES string of the molecule is C=CC[C@H](N[C@@H](C)c1ccccc1)c1ccc(OC)cc1. The molecular weight excluding hydrogens is 258 g/mol. The van der Waals surface area contributed by atoms with Crippen molar-refractivity contribution in [2.45, 2.75) is 25.4 Å². The lowest BCUT2D eigenvalue weighted by Crippen LogP contribution is -2.24. The second-order valence-electron chi connectivity index (χ2n) is 5.15. The normalized spacial score (nSPS) is 13.4. The van der Waals surface area contributed by atoms with Crippen LogP contribution >= 0.6 is 0 Å². The second kappa shape index (κ2) is 7.65. The van der Waals surface area contributed by atoms with Crippen molar-refractivity contribution in [1.29, 1.82) is 0 Å². The Morgan fingerprint density at radius 1 is 1.05 bits per heavy atom. The van der Waals surface area contributed by atoms with E-state index in [0.29, 0.717) is 6.04 Å². The maximum Gasteiger partial charge on any atom is 0.118 e. The van der Waals surface area contributed by atoms with Crippen molar-refractivity contribution in [3.05, 3.63) is 78.4 Å². The van der Waals surface area contributed by atoms with E-state index in [2.05, 4.69) is 55.2 Å². The average molecular weight is 281 g/mol. The molecule has 0 bridgehead atoms. The first kappa shape index (κ1) is 15.3. The molecule has 0 amide bonds. The van der Waals surface area contributed by atoms with Crippen LogP contribution in [0.15, 0.2) is 67.3 Å². The Bertz CT molecular complexity index is 548. The van der Waals surface area contributed by atoms with Gasteiger partial charge in [-0.05, 0) is 36.6 Å². The third-order valence-electron chi connectivity index (χ3n) is 3.67. The molecule has 0 aliphatic heterocycles. The van der Waals surface area contributed by atoms with Gasteiger partial charge in [-0.1, -0.05) is 48.5 Å². The highest BCUT2D eigenvalue weighted by Gasteiger charge is 2.14. The Hall–Kier alpha value is -2.06. The lowest BCUT2D eigenvalue weighted by atomic mass is 10.0. The number of nitrogens with one attached hydrogen (secondary N) is 1. The fourth-order valence-corrected chi connectivity index (χ4v) is 2.44. The molecule has 21 heavy (non-hydrogen) atoms. The van der Waals surface area contributed by atoms with Crippen molar-refractivity contribution in [3.63, 3.8) is 0 Å². The van der Waals surface area contributed by atoms with Gasteiger partial charge in [-0.3, -0.25) is 0 Å². The lowest BCUT2D eigenvalue weighted by molar-refractivity contribution is 0.413. The van der Waals surface area contributed by atoms with Crippen LogP contribution < -0.4 is 10.1 Å². The molecule has 2 rings (SSSR count). The van der Waals surface area contributed by atoms with Crippen LogP contribution in [-0.2, 0) is 0 Å². The first-order chi connectivity index (χ1) is 10.2. The largest absolute Gasteiger partial charge is 0.497 e. The third-order valence-corrected chi connectivity index (χ3v) is 3.67. The predicted octanol–water partition coefficient (Wildman–Crippen LogP) is 4.66. The minimum atomic E-state index is 0.253. The van der Waals surface area contributed by atoms with Gasteiger partial charge in [0.25, 0.3) is 0 Å². The highest BCUT2D eigenvalue weighted by Crippen LogP contribution is 2.24. The Balaban J connectivity index is 2.12. The van der Waals surface area contributed by atoms with Gasteiger partial charge in [0.2, 0.25) is 0 Å². The van der Waals surface area contributed by atoms with Crippen LogP contribution in [0.2, 0.25) is 0 Å². The van der Waals surface area contributed by atoms with Crippen LogP contribution in [0.3, 0.4) is 0 Å². The summed E-state index contributed by atoms with van der Waals surface area (Å²) in [7, 11) is 1.69. The zero-order valence-electron chi connectivity index (χ0n) is 12.8. The number of benzene rings is 2. The molecule has 0 spiro atoms. The van der Waals surface area contributed by atoms with Gasteiger partial charge >= 0.3 is 0 Å². The number of methoxy groups -OCH3 is 1. The van der Waals surface area contributed by atoms with E-state index < -0.39 is 0 Å². The first-order valence-corrected chi connectivity index (χ1v) is 7.30. The summed E-state index contributed by atoms with van der Waals surface area (Å²) in [6.45, 7) is 6.06. The van der Waals surface area contributed by atoms with Gasteiger partial charge in [0.05, 0.1) is 7.11 Å². The van der Waals surface area contributed by atoms with E-state index in [1.807, 2.05) is 24.3 Å². The molecule has 0 fully saturated rings. The Labute approximate surface area is 127 Å². The second-order valence-corrected chi connectivity index (χ2v) is 5.15. The summed E-state index contributed by atoms with van der Waals surface area (Å²) in [6.07, 6.45) is 2.85. The van der Waals surface area contributed by atoms with E-state index in [9.17, 15) is 0 Å². The van der Waals surface area contributed by atoms with Gasteiger partial charge in [0, 0.05) is 12.1 Å². The number of rotatable bonds is 7. The van der Waals surface area contributed by atoms with E-state index in [4.69, 9.17) is 4.74 Å². The van der Waals surface area contributed by atoms with E-state index in [1.54, 1.807) is 7.11 Å².